The number of imidazole rings is 1. The number of thiazole rings is 1. The number of benzene rings is 2. The van der Waals surface area contributed by atoms with Gasteiger partial charge >= 0.3 is 0 Å². The lowest BCUT2D eigenvalue weighted by atomic mass is 10.2. The van der Waals surface area contributed by atoms with Crippen LogP contribution in [-0.2, 0) is 13.6 Å². The maximum Gasteiger partial charge on any atom is 0.243 e. The SMILES string of the molecule is CCN(CCn1cc[n+](C)c1)c1ccc(N=Nc2nc3ccccc3s2)cc1. The highest BCUT2D eigenvalue weighted by Gasteiger charge is 2.07. The van der Waals surface area contributed by atoms with Crippen molar-refractivity contribution >= 4 is 38.1 Å². The maximum absolute atomic E-state index is 4.49. The van der Waals surface area contributed by atoms with E-state index in [0.717, 1.165) is 35.5 Å². The van der Waals surface area contributed by atoms with Gasteiger partial charge < -0.3 is 4.90 Å². The molecule has 0 aliphatic heterocycles. The summed E-state index contributed by atoms with van der Waals surface area (Å²) in [6.07, 6.45) is 6.25. The van der Waals surface area contributed by atoms with Crippen LogP contribution in [0.25, 0.3) is 10.2 Å². The van der Waals surface area contributed by atoms with Crippen LogP contribution in [0.4, 0.5) is 16.5 Å². The molecule has 0 fully saturated rings. The molecule has 28 heavy (non-hydrogen) atoms. The van der Waals surface area contributed by atoms with Crippen molar-refractivity contribution in [1.29, 1.82) is 0 Å². The van der Waals surface area contributed by atoms with Crippen LogP contribution in [0.15, 0.2) is 77.5 Å². The molecule has 0 bridgehead atoms. The fraction of sp³-hybridized carbons (Fsp3) is 0.238. The highest BCUT2D eigenvalue weighted by Crippen LogP contribution is 2.29. The third kappa shape index (κ3) is 4.26. The third-order valence-electron chi connectivity index (χ3n) is 4.58. The first-order valence-corrected chi connectivity index (χ1v) is 10.2. The van der Waals surface area contributed by atoms with Crippen LogP contribution in [0.5, 0.6) is 0 Å². The van der Waals surface area contributed by atoms with Gasteiger partial charge in [-0.2, -0.15) is 0 Å². The molecule has 142 valence electrons. The zero-order valence-electron chi connectivity index (χ0n) is 16.1. The Morgan fingerprint density at radius 1 is 1.11 bits per heavy atom. The summed E-state index contributed by atoms with van der Waals surface area (Å²) in [4.78, 5) is 6.84. The Hall–Kier alpha value is -3.06. The molecule has 0 amide bonds. The molecule has 0 radical (unpaired) electrons. The summed E-state index contributed by atoms with van der Waals surface area (Å²) >= 11 is 1.55. The second-order valence-corrected chi connectivity index (χ2v) is 7.59. The molecular formula is C21H23N6S+. The van der Waals surface area contributed by atoms with Crippen molar-refractivity contribution in [3.8, 4) is 0 Å². The zero-order valence-corrected chi connectivity index (χ0v) is 16.9. The fourth-order valence-electron chi connectivity index (χ4n) is 3.07. The molecule has 0 unspecified atom stereocenters. The standard InChI is InChI=1S/C21H23N6S/c1-3-27(15-14-26-13-12-25(2)16-26)18-10-8-17(9-11-18)23-24-21-22-19-6-4-5-7-20(19)28-21/h4-13,16H,3,14-15H2,1-2H3/q+1. The largest absolute Gasteiger partial charge is 0.368 e. The lowest BCUT2D eigenvalue weighted by Crippen LogP contribution is -2.28. The van der Waals surface area contributed by atoms with Crippen molar-refractivity contribution in [1.82, 2.24) is 9.55 Å². The van der Waals surface area contributed by atoms with Crippen molar-refractivity contribution in [3.63, 3.8) is 0 Å². The Balaban J connectivity index is 1.41. The fourth-order valence-corrected chi connectivity index (χ4v) is 3.86. The topological polar surface area (TPSA) is 49.7 Å². The van der Waals surface area contributed by atoms with Crippen LogP contribution in [0.1, 0.15) is 6.92 Å². The molecule has 0 spiro atoms. The van der Waals surface area contributed by atoms with Gasteiger partial charge in [-0.25, -0.2) is 14.1 Å². The second-order valence-electron chi connectivity index (χ2n) is 6.58. The van der Waals surface area contributed by atoms with Crippen LogP contribution in [0, 0.1) is 0 Å². The van der Waals surface area contributed by atoms with E-state index in [-0.39, 0.29) is 0 Å². The van der Waals surface area contributed by atoms with Gasteiger partial charge in [-0.3, -0.25) is 0 Å². The molecular weight excluding hydrogens is 368 g/mol. The Labute approximate surface area is 168 Å². The van der Waals surface area contributed by atoms with E-state index in [9.17, 15) is 0 Å². The average molecular weight is 392 g/mol. The number of nitrogens with zero attached hydrogens (tertiary/aromatic N) is 6. The van der Waals surface area contributed by atoms with Gasteiger partial charge in [-0.15, -0.1) is 10.2 Å². The monoisotopic (exact) mass is 391 g/mol. The molecule has 0 atom stereocenters. The molecule has 0 aliphatic carbocycles. The van der Waals surface area contributed by atoms with Crippen LogP contribution >= 0.6 is 11.3 Å². The number of hydrogen-bond acceptors (Lipinski definition) is 5. The maximum atomic E-state index is 4.49. The summed E-state index contributed by atoms with van der Waals surface area (Å²) in [5, 5.41) is 9.32. The molecule has 4 aromatic rings. The molecule has 0 saturated heterocycles. The number of anilines is 1. The Morgan fingerprint density at radius 3 is 2.64 bits per heavy atom. The van der Waals surface area contributed by atoms with E-state index in [2.05, 4.69) is 67.0 Å². The van der Waals surface area contributed by atoms with E-state index >= 15 is 0 Å². The van der Waals surface area contributed by atoms with E-state index in [0.29, 0.717) is 5.13 Å². The first kappa shape index (κ1) is 18.3. The van der Waals surface area contributed by atoms with Crippen molar-refractivity contribution < 1.29 is 4.57 Å². The highest BCUT2D eigenvalue weighted by molar-refractivity contribution is 7.21. The van der Waals surface area contributed by atoms with Crippen LogP contribution in [-0.4, -0.2) is 22.6 Å². The zero-order chi connectivity index (χ0) is 19.3. The summed E-state index contributed by atoms with van der Waals surface area (Å²) in [7, 11) is 2.04. The van der Waals surface area contributed by atoms with Gasteiger partial charge in [0.2, 0.25) is 11.5 Å². The van der Waals surface area contributed by atoms with E-state index in [1.54, 1.807) is 11.3 Å². The number of likely N-dealkylation sites (N-methyl/N-ethyl adjacent to an activating group) is 1. The normalized spacial score (nSPS) is 11.5. The first-order valence-electron chi connectivity index (χ1n) is 9.34. The Bertz CT molecular complexity index is 1050. The van der Waals surface area contributed by atoms with Crippen LogP contribution < -0.4 is 9.47 Å². The molecule has 4 rings (SSSR count). The number of aromatic nitrogens is 3. The molecule has 2 heterocycles. The summed E-state index contributed by atoms with van der Waals surface area (Å²) < 4.78 is 5.38. The lowest BCUT2D eigenvalue weighted by molar-refractivity contribution is -0.671. The Morgan fingerprint density at radius 2 is 1.93 bits per heavy atom. The number of aryl methyl sites for hydroxylation is 1. The third-order valence-corrected chi connectivity index (χ3v) is 5.50. The molecule has 7 heteroatoms. The van der Waals surface area contributed by atoms with Crippen molar-refractivity contribution in [2.75, 3.05) is 18.0 Å². The molecule has 2 aromatic heterocycles. The van der Waals surface area contributed by atoms with Gasteiger partial charge in [0, 0.05) is 12.2 Å². The van der Waals surface area contributed by atoms with Crippen LogP contribution in [0.3, 0.4) is 0 Å². The van der Waals surface area contributed by atoms with E-state index in [1.165, 1.54) is 5.69 Å². The van der Waals surface area contributed by atoms with Crippen molar-refractivity contribution in [3.05, 3.63) is 67.3 Å². The molecule has 0 N–H and O–H groups in total. The summed E-state index contributed by atoms with van der Waals surface area (Å²) in [5.74, 6) is 0. The predicted octanol–water partition coefficient (Wildman–Crippen LogP) is 4.86. The molecule has 0 saturated carbocycles. The number of rotatable bonds is 7. The molecule has 2 aromatic carbocycles. The number of para-hydroxylation sites is 1. The van der Waals surface area contributed by atoms with Gasteiger partial charge in [-0.1, -0.05) is 23.5 Å². The van der Waals surface area contributed by atoms with E-state index in [4.69, 9.17) is 0 Å². The predicted molar refractivity (Wildman–Crippen MR) is 114 cm³/mol. The van der Waals surface area contributed by atoms with Gasteiger partial charge in [0.05, 0.1) is 29.5 Å². The van der Waals surface area contributed by atoms with Crippen molar-refractivity contribution in [2.45, 2.75) is 13.5 Å². The van der Waals surface area contributed by atoms with Gasteiger partial charge in [0.15, 0.2) is 0 Å². The second kappa shape index (κ2) is 8.31. The van der Waals surface area contributed by atoms with E-state index in [1.807, 2.05) is 43.4 Å². The Kier molecular flexibility index (Phi) is 5.43. The van der Waals surface area contributed by atoms with Crippen molar-refractivity contribution in [2.24, 2.45) is 17.3 Å². The van der Waals surface area contributed by atoms with Gasteiger partial charge in [0.25, 0.3) is 0 Å². The molecule has 6 nitrogen and oxygen atoms in total. The van der Waals surface area contributed by atoms with Gasteiger partial charge in [-0.05, 0) is 43.3 Å². The first-order chi connectivity index (χ1) is 13.7. The molecule has 0 aliphatic rings. The quantitative estimate of drug-likeness (QED) is 0.333. The number of azo groups is 1. The number of hydrogen-bond donors (Lipinski definition) is 0. The van der Waals surface area contributed by atoms with E-state index < -0.39 is 0 Å². The summed E-state index contributed by atoms with van der Waals surface area (Å²) in [6, 6.07) is 16.3. The summed E-state index contributed by atoms with van der Waals surface area (Å²) in [6.45, 7) is 5.04. The van der Waals surface area contributed by atoms with Gasteiger partial charge in [0.1, 0.15) is 18.9 Å². The summed E-state index contributed by atoms with van der Waals surface area (Å²) in [5.41, 5.74) is 2.99. The highest BCUT2D eigenvalue weighted by atomic mass is 32.1. The smallest absolute Gasteiger partial charge is 0.243 e. The average Bonchev–Trinajstić information content (AvgIpc) is 3.33. The minimum absolute atomic E-state index is 0.681. The van der Waals surface area contributed by atoms with Crippen LogP contribution in [0.2, 0.25) is 0 Å². The minimum Gasteiger partial charge on any atom is -0.368 e. The lowest BCUT2D eigenvalue weighted by Gasteiger charge is -2.22. The minimum atomic E-state index is 0.681. The number of fused-ring (bicyclic) bond motifs is 1.